The Kier molecular flexibility index (Phi) is 3.97. The molecule has 1 unspecified atom stereocenters. The van der Waals surface area contributed by atoms with Crippen LogP contribution in [-0.4, -0.2) is 29.9 Å². The van der Waals surface area contributed by atoms with Gasteiger partial charge in [-0.2, -0.15) is 0 Å². The van der Waals surface area contributed by atoms with E-state index in [9.17, 15) is 4.79 Å². The molecule has 1 fully saturated rings. The summed E-state index contributed by atoms with van der Waals surface area (Å²) < 4.78 is 0. The van der Waals surface area contributed by atoms with Crippen LogP contribution in [0.15, 0.2) is 18.2 Å². The molecule has 1 atom stereocenters. The second-order valence-corrected chi connectivity index (χ2v) is 5.01. The fraction of sp³-hybridized carbons (Fsp3) is 0.462. The molecule has 18 heavy (non-hydrogen) atoms. The van der Waals surface area contributed by atoms with Crippen LogP contribution < -0.4 is 11.1 Å². The number of carbonyl (C=O) groups excluding carboxylic acids is 1. The van der Waals surface area contributed by atoms with Gasteiger partial charge >= 0.3 is 0 Å². The first-order valence-electron chi connectivity index (χ1n) is 6.19. The van der Waals surface area contributed by atoms with Crippen molar-refractivity contribution < 1.29 is 4.79 Å². The number of nitrogen functional groups attached to an aromatic ring is 1. The number of likely N-dealkylation sites (tertiary alicyclic amines) is 1. The van der Waals surface area contributed by atoms with Gasteiger partial charge in [-0.25, -0.2) is 0 Å². The van der Waals surface area contributed by atoms with Gasteiger partial charge in [-0.3, -0.25) is 4.79 Å². The van der Waals surface area contributed by atoms with Crippen LogP contribution in [0.4, 0.5) is 11.4 Å². The molecule has 2 rings (SSSR count). The number of nitrogens with one attached hydrogen (secondary N) is 1. The first-order valence-corrected chi connectivity index (χ1v) is 6.56. The lowest BCUT2D eigenvalue weighted by Crippen LogP contribution is -2.39. The summed E-state index contributed by atoms with van der Waals surface area (Å²) in [5.41, 5.74) is 7.05. The van der Waals surface area contributed by atoms with E-state index >= 15 is 0 Å². The summed E-state index contributed by atoms with van der Waals surface area (Å²) in [4.78, 5) is 14.0. The van der Waals surface area contributed by atoms with E-state index in [2.05, 4.69) is 5.32 Å². The fourth-order valence-corrected chi connectivity index (χ4v) is 2.42. The number of amides is 1. The highest BCUT2D eigenvalue weighted by molar-refractivity contribution is 6.34. The van der Waals surface area contributed by atoms with Crippen molar-refractivity contribution in [3.8, 4) is 0 Å². The lowest BCUT2D eigenvalue weighted by molar-refractivity contribution is -0.130. The first kappa shape index (κ1) is 13.0. The van der Waals surface area contributed by atoms with Crippen molar-refractivity contribution in [2.75, 3.05) is 24.1 Å². The Labute approximate surface area is 112 Å². The number of anilines is 2. The van der Waals surface area contributed by atoms with Gasteiger partial charge in [0.2, 0.25) is 5.91 Å². The molecule has 5 heteroatoms. The molecule has 1 aromatic rings. The Hall–Kier alpha value is -1.42. The van der Waals surface area contributed by atoms with Crippen LogP contribution in [0, 0.1) is 0 Å². The number of rotatable bonds is 3. The first-order chi connectivity index (χ1) is 8.59. The molecule has 1 aromatic carbocycles. The second kappa shape index (κ2) is 5.48. The van der Waals surface area contributed by atoms with E-state index in [1.165, 1.54) is 0 Å². The van der Waals surface area contributed by atoms with Crippen LogP contribution in [-0.2, 0) is 4.79 Å². The topological polar surface area (TPSA) is 58.4 Å². The predicted octanol–water partition coefficient (Wildman–Crippen LogP) is 2.35. The summed E-state index contributed by atoms with van der Waals surface area (Å²) in [6.07, 6.45) is 2.18. The quantitative estimate of drug-likeness (QED) is 0.827. The molecular weight excluding hydrogens is 250 g/mol. The summed E-state index contributed by atoms with van der Waals surface area (Å²) >= 11 is 6.07. The van der Waals surface area contributed by atoms with Gasteiger partial charge in [-0.15, -0.1) is 0 Å². The third-order valence-corrected chi connectivity index (χ3v) is 3.51. The number of para-hydroxylation sites is 1. The molecule has 0 spiro atoms. The lowest BCUT2D eigenvalue weighted by atomic mass is 10.2. The summed E-state index contributed by atoms with van der Waals surface area (Å²) in [6.45, 7) is 3.54. The van der Waals surface area contributed by atoms with Crippen LogP contribution in [0.5, 0.6) is 0 Å². The predicted molar refractivity (Wildman–Crippen MR) is 74.8 cm³/mol. The normalized spacial score (nSPS) is 16.7. The van der Waals surface area contributed by atoms with Crippen LogP contribution in [0.3, 0.4) is 0 Å². The number of hydrogen-bond acceptors (Lipinski definition) is 3. The number of nitrogens with zero attached hydrogens (tertiary/aromatic N) is 1. The Balaban J connectivity index is 2.06. The molecule has 4 nitrogen and oxygen atoms in total. The van der Waals surface area contributed by atoms with Gasteiger partial charge in [0.05, 0.1) is 16.4 Å². The lowest BCUT2D eigenvalue weighted by Gasteiger charge is -2.23. The van der Waals surface area contributed by atoms with E-state index in [1.54, 1.807) is 18.2 Å². The van der Waals surface area contributed by atoms with E-state index in [-0.39, 0.29) is 11.9 Å². The molecular formula is C13H18ClN3O. The maximum atomic E-state index is 12.2. The Bertz CT molecular complexity index is 424. The van der Waals surface area contributed by atoms with Crippen LogP contribution in [0.2, 0.25) is 5.02 Å². The molecule has 0 aliphatic carbocycles. The molecule has 1 amide bonds. The smallest absolute Gasteiger partial charge is 0.244 e. The average molecular weight is 268 g/mol. The van der Waals surface area contributed by atoms with E-state index in [0.717, 1.165) is 25.9 Å². The highest BCUT2D eigenvalue weighted by Crippen LogP contribution is 2.28. The Morgan fingerprint density at radius 3 is 2.72 bits per heavy atom. The number of hydrogen-bond donors (Lipinski definition) is 2. The minimum absolute atomic E-state index is 0.104. The Morgan fingerprint density at radius 2 is 2.11 bits per heavy atom. The van der Waals surface area contributed by atoms with Crippen molar-refractivity contribution in [2.45, 2.75) is 25.8 Å². The third kappa shape index (κ3) is 2.70. The fourth-order valence-electron chi connectivity index (χ4n) is 2.18. The van der Waals surface area contributed by atoms with Gasteiger partial charge in [0, 0.05) is 13.1 Å². The zero-order chi connectivity index (χ0) is 13.1. The van der Waals surface area contributed by atoms with E-state index in [0.29, 0.717) is 16.4 Å². The molecule has 1 aliphatic heterocycles. The molecule has 0 radical (unpaired) electrons. The number of nitrogens with two attached hydrogens (primary N) is 1. The van der Waals surface area contributed by atoms with Crippen LogP contribution >= 0.6 is 11.6 Å². The van der Waals surface area contributed by atoms with Crippen molar-refractivity contribution in [3.05, 3.63) is 23.2 Å². The molecule has 1 heterocycles. The summed E-state index contributed by atoms with van der Waals surface area (Å²) in [5, 5.41) is 3.64. The van der Waals surface area contributed by atoms with Gasteiger partial charge < -0.3 is 16.0 Å². The van der Waals surface area contributed by atoms with Gasteiger partial charge in [0.1, 0.15) is 6.04 Å². The second-order valence-electron chi connectivity index (χ2n) is 4.60. The van der Waals surface area contributed by atoms with Crippen LogP contribution in [0.25, 0.3) is 0 Å². The standard InChI is InChI=1S/C13H18ClN3O/c1-9(13(18)17-7-2-3-8-17)16-12-10(14)5-4-6-11(12)15/h4-6,9,16H,2-3,7-8,15H2,1H3. The maximum Gasteiger partial charge on any atom is 0.244 e. The molecule has 0 bridgehead atoms. The molecule has 0 saturated carbocycles. The largest absolute Gasteiger partial charge is 0.397 e. The molecule has 0 aromatic heterocycles. The van der Waals surface area contributed by atoms with Crippen molar-refractivity contribution in [2.24, 2.45) is 0 Å². The third-order valence-electron chi connectivity index (χ3n) is 3.19. The number of halogens is 1. The SMILES string of the molecule is CC(Nc1c(N)cccc1Cl)C(=O)N1CCCC1. The van der Waals surface area contributed by atoms with E-state index < -0.39 is 0 Å². The highest BCUT2D eigenvalue weighted by atomic mass is 35.5. The zero-order valence-corrected chi connectivity index (χ0v) is 11.2. The zero-order valence-electron chi connectivity index (χ0n) is 10.4. The summed E-state index contributed by atoms with van der Waals surface area (Å²) in [7, 11) is 0. The van der Waals surface area contributed by atoms with Gasteiger partial charge in [-0.05, 0) is 31.9 Å². The number of carbonyl (C=O) groups is 1. The molecule has 1 saturated heterocycles. The van der Waals surface area contributed by atoms with E-state index in [1.807, 2.05) is 11.8 Å². The maximum absolute atomic E-state index is 12.2. The monoisotopic (exact) mass is 267 g/mol. The average Bonchev–Trinajstić information content (AvgIpc) is 2.86. The Morgan fingerprint density at radius 1 is 1.44 bits per heavy atom. The number of benzene rings is 1. The summed E-state index contributed by atoms with van der Waals surface area (Å²) in [6, 6.07) is 5.00. The minimum atomic E-state index is -0.315. The van der Waals surface area contributed by atoms with Gasteiger partial charge in [0.25, 0.3) is 0 Å². The molecule has 3 N–H and O–H groups in total. The molecule has 1 aliphatic rings. The minimum Gasteiger partial charge on any atom is -0.397 e. The van der Waals surface area contributed by atoms with Crippen LogP contribution in [0.1, 0.15) is 19.8 Å². The molecule has 98 valence electrons. The highest BCUT2D eigenvalue weighted by Gasteiger charge is 2.23. The van der Waals surface area contributed by atoms with Crippen molar-refractivity contribution in [1.82, 2.24) is 4.90 Å². The van der Waals surface area contributed by atoms with Gasteiger partial charge in [-0.1, -0.05) is 17.7 Å². The van der Waals surface area contributed by atoms with Crippen molar-refractivity contribution in [1.29, 1.82) is 0 Å². The van der Waals surface area contributed by atoms with E-state index in [4.69, 9.17) is 17.3 Å². The summed E-state index contributed by atoms with van der Waals surface area (Å²) in [5.74, 6) is 0.104. The van der Waals surface area contributed by atoms with Crippen molar-refractivity contribution >= 4 is 28.9 Å². The van der Waals surface area contributed by atoms with Gasteiger partial charge in [0.15, 0.2) is 0 Å². The van der Waals surface area contributed by atoms with Crippen molar-refractivity contribution in [3.63, 3.8) is 0 Å².